The first-order chi connectivity index (χ1) is 11.5. The van der Waals surface area contributed by atoms with Gasteiger partial charge in [0, 0.05) is 6.54 Å². The second-order valence-corrected chi connectivity index (χ2v) is 6.68. The first-order valence-electron chi connectivity index (χ1n) is 7.36. The molecule has 2 aromatic carbocycles. The van der Waals surface area contributed by atoms with Crippen molar-refractivity contribution in [1.82, 2.24) is 4.72 Å². The van der Waals surface area contributed by atoms with Gasteiger partial charge in [0.05, 0.1) is 24.2 Å². The molecule has 128 valence electrons. The number of carbonyl (C=O) groups is 1. The molecule has 0 fully saturated rings. The van der Waals surface area contributed by atoms with Crippen LogP contribution >= 0.6 is 0 Å². The number of sulfonamides is 1. The molecule has 6 nitrogen and oxygen atoms in total. The molecule has 0 amide bonds. The third-order valence-corrected chi connectivity index (χ3v) is 4.70. The van der Waals surface area contributed by atoms with Crippen LogP contribution in [0.4, 0.5) is 0 Å². The molecule has 0 saturated heterocycles. The summed E-state index contributed by atoms with van der Waals surface area (Å²) in [5, 5.41) is 0. The van der Waals surface area contributed by atoms with E-state index in [1.54, 1.807) is 36.4 Å². The average Bonchev–Trinajstić information content (AvgIpc) is 2.60. The van der Waals surface area contributed by atoms with Gasteiger partial charge in [-0.25, -0.2) is 17.9 Å². The van der Waals surface area contributed by atoms with E-state index in [1.807, 2.05) is 6.92 Å². The number of carbonyl (C=O) groups excluding carboxylic acids is 1. The van der Waals surface area contributed by atoms with Gasteiger partial charge in [-0.3, -0.25) is 0 Å². The van der Waals surface area contributed by atoms with Gasteiger partial charge < -0.3 is 9.47 Å². The van der Waals surface area contributed by atoms with Crippen molar-refractivity contribution in [2.24, 2.45) is 0 Å². The van der Waals surface area contributed by atoms with E-state index in [9.17, 15) is 13.2 Å². The minimum Gasteiger partial charge on any atom is -0.494 e. The zero-order valence-corrected chi connectivity index (χ0v) is 14.3. The SMILES string of the molecule is CCOc1ccc(S(=O)(=O)NCc2ccc(C(=O)OC)cc2)cc1. The molecule has 0 unspecified atom stereocenters. The second-order valence-electron chi connectivity index (χ2n) is 4.92. The highest BCUT2D eigenvalue weighted by atomic mass is 32.2. The molecular formula is C17H19NO5S. The molecule has 0 heterocycles. The fraction of sp³-hybridized carbons (Fsp3) is 0.235. The Bertz CT molecular complexity index is 783. The Morgan fingerprint density at radius 1 is 1.04 bits per heavy atom. The standard InChI is InChI=1S/C17H19NO5S/c1-3-23-15-8-10-16(11-9-15)24(20,21)18-12-13-4-6-14(7-5-13)17(19)22-2/h4-11,18H,3,12H2,1-2H3. The second kappa shape index (κ2) is 7.94. The summed E-state index contributed by atoms with van der Waals surface area (Å²) in [6.07, 6.45) is 0. The van der Waals surface area contributed by atoms with Crippen LogP contribution in [0.15, 0.2) is 53.4 Å². The Morgan fingerprint density at radius 2 is 1.67 bits per heavy atom. The largest absolute Gasteiger partial charge is 0.494 e. The lowest BCUT2D eigenvalue weighted by atomic mass is 10.1. The molecule has 0 bridgehead atoms. The lowest BCUT2D eigenvalue weighted by Crippen LogP contribution is -2.23. The van der Waals surface area contributed by atoms with E-state index >= 15 is 0 Å². The molecule has 7 heteroatoms. The van der Waals surface area contributed by atoms with Crippen LogP contribution in [-0.2, 0) is 21.3 Å². The molecule has 1 N–H and O–H groups in total. The number of benzene rings is 2. The third-order valence-electron chi connectivity index (χ3n) is 3.29. The maximum absolute atomic E-state index is 12.3. The van der Waals surface area contributed by atoms with Crippen LogP contribution in [0.1, 0.15) is 22.8 Å². The first-order valence-corrected chi connectivity index (χ1v) is 8.84. The summed E-state index contributed by atoms with van der Waals surface area (Å²) in [6.45, 7) is 2.50. The number of rotatable bonds is 7. The van der Waals surface area contributed by atoms with Gasteiger partial charge in [0.25, 0.3) is 0 Å². The molecule has 0 aromatic heterocycles. The Hall–Kier alpha value is -2.38. The smallest absolute Gasteiger partial charge is 0.337 e. The van der Waals surface area contributed by atoms with Crippen LogP contribution in [0.5, 0.6) is 5.75 Å². The Morgan fingerprint density at radius 3 is 2.21 bits per heavy atom. The zero-order valence-electron chi connectivity index (χ0n) is 13.5. The van der Waals surface area contributed by atoms with Crippen molar-refractivity contribution in [1.29, 1.82) is 0 Å². The maximum Gasteiger partial charge on any atom is 0.337 e. The van der Waals surface area contributed by atoms with Gasteiger partial charge in [0.1, 0.15) is 5.75 Å². The predicted molar refractivity (Wildman–Crippen MR) is 89.4 cm³/mol. The number of nitrogens with one attached hydrogen (secondary N) is 1. The molecule has 0 spiro atoms. The molecule has 2 aromatic rings. The van der Waals surface area contributed by atoms with Gasteiger partial charge in [-0.2, -0.15) is 0 Å². The molecule has 0 aliphatic rings. The molecule has 0 aliphatic carbocycles. The monoisotopic (exact) mass is 349 g/mol. The lowest BCUT2D eigenvalue weighted by Gasteiger charge is -2.08. The molecule has 0 saturated carbocycles. The van der Waals surface area contributed by atoms with Crippen LogP contribution in [-0.4, -0.2) is 28.1 Å². The fourth-order valence-electron chi connectivity index (χ4n) is 2.02. The molecule has 0 radical (unpaired) electrons. The van der Waals surface area contributed by atoms with Crippen LogP contribution in [0.2, 0.25) is 0 Å². The van der Waals surface area contributed by atoms with Gasteiger partial charge >= 0.3 is 5.97 Å². The van der Waals surface area contributed by atoms with E-state index < -0.39 is 16.0 Å². The highest BCUT2D eigenvalue weighted by Crippen LogP contribution is 2.16. The number of hydrogen-bond acceptors (Lipinski definition) is 5. The molecule has 0 aliphatic heterocycles. The Labute approximate surface area is 141 Å². The molecule has 24 heavy (non-hydrogen) atoms. The van der Waals surface area contributed by atoms with Crippen molar-refractivity contribution >= 4 is 16.0 Å². The quantitative estimate of drug-likeness (QED) is 0.776. The van der Waals surface area contributed by atoms with Crippen LogP contribution in [0.3, 0.4) is 0 Å². The summed E-state index contributed by atoms with van der Waals surface area (Å²) in [5.41, 5.74) is 1.15. The minimum absolute atomic E-state index is 0.122. The third kappa shape index (κ3) is 4.56. The van der Waals surface area contributed by atoms with Crippen LogP contribution < -0.4 is 9.46 Å². The summed E-state index contributed by atoms with van der Waals surface area (Å²) >= 11 is 0. The van der Waals surface area contributed by atoms with Crippen LogP contribution in [0, 0.1) is 0 Å². The minimum atomic E-state index is -3.62. The van der Waals surface area contributed by atoms with Gasteiger partial charge in [-0.15, -0.1) is 0 Å². The highest BCUT2D eigenvalue weighted by molar-refractivity contribution is 7.89. The number of ether oxygens (including phenoxy) is 2. The zero-order chi connectivity index (χ0) is 17.6. The van der Waals surface area contributed by atoms with E-state index in [0.717, 1.165) is 5.56 Å². The number of esters is 1. The van der Waals surface area contributed by atoms with Crippen molar-refractivity contribution in [2.75, 3.05) is 13.7 Å². The molecular weight excluding hydrogens is 330 g/mol. The number of methoxy groups -OCH3 is 1. The van der Waals surface area contributed by atoms with Crippen molar-refractivity contribution in [3.63, 3.8) is 0 Å². The van der Waals surface area contributed by atoms with Crippen molar-refractivity contribution in [2.45, 2.75) is 18.4 Å². The summed E-state index contributed by atoms with van der Waals surface area (Å²) in [4.78, 5) is 11.5. The Balaban J connectivity index is 2.03. The highest BCUT2D eigenvalue weighted by Gasteiger charge is 2.14. The maximum atomic E-state index is 12.3. The van der Waals surface area contributed by atoms with E-state index in [4.69, 9.17) is 4.74 Å². The Kier molecular flexibility index (Phi) is 5.94. The fourth-order valence-corrected chi connectivity index (χ4v) is 3.04. The number of hydrogen-bond donors (Lipinski definition) is 1. The van der Waals surface area contributed by atoms with Gasteiger partial charge in [0.15, 0.2) is 0 Å². The van der Waals surface area contributed by atoms with E-state index in [0.29, 0.717) is 17.9 Å². The lowest BCUT2D eigenvalue weighted by molar-refractivity contribution is 0.0600. The van der Waals surface area contributed by atoms with Crippen molar-refractivity contribution in [3.05, 3.63) is 59.7 Å². The van der Waals surface area contributed by atoms with Crippen molar-refractivity contribution < 1.29 is 22.7 Å². The average molecular weight is 349 g/mol. The topological polar surface area (TPSA) is 81.7 Å². The molecule has 2 rings (SSSR count). The van der Waals surface area contributed by atoms with Gasteiger partial charge in [-0.1, -0.05) is 12.1 Å². The van der Waals surface area contributed by atoms with E-state index in [2.05, 4.69) is 9.46 Å². The summed E-state index contributed by atoms with van der Waals surface area (Å²) in [7, 11) is -2.31. The normalized spacial score (nSPS) is 11.1. The summed E-state index contributed by atoms with van der Waals surface area (Å²) < 4.78 is 37.0. The summed E-state index contributed by atoms with van der Waals surface area (Å²) in [5.74, 6) is 0.186. The first kappa shape index (κ1) is 18.0. The predicted octanol–water partition coefficient (Wildman–Crippen LogP) is 2.35. The van der Waals surface area contributed by atoms with E-state index in [1.165, 1.54) is 19.2 Å². The van der Waals surface area contributed by atoms with Gasteiger partial charge in [-0.05, 0) is 48.9 Å². The van der Waals surface area contributed by atoms with Crippen LogP contribution in [0.25, 0.3) is 0 Å². The van der Waals surface area contributed by atoms with E-state index in [-0.39, 0.29) is 11.4 Å². The molecule has 0 atom stereocenters. The summed E-state index contributed by atoms with van der Waals surface area (Å²) in [6, 6.07) is 12.7. The van der Waals surface area contributed by atoms with Gasteiger partial charge in [0.2, 0.25) is 10.0 Å². The van der Waals surface area contributed by atoms with Crippen molar-refractivity contribution in [3.8, 4) is 5.75 Å².